The summed E-state index contributed by atoms with van der Waals surface area (Å²) in [5.41, 5.74) is 2.43. The molecule has 0 bridgehead atoms. The van der Waals surface area contributed by atoms with E-state index in [1.807, 2.05) is 54.8 Å². The lowest BCUT2D eigenvalue weighted by atomic mass is 10.2. The number of carbonyl (C=O) groups is 2. The number of hydrogen-bond acceptors (Lipinski definition) is 6. The Hall–Kier alpha value is -2.64. The summed E-state index contributed by atoms with van der Waals surface area (Å²) in [6.07, 6.45) is 0. The number of thioether (sulfide) groups is 1. The van der Waals surface area contributed by atoms with Crippen molar-refractivity contribution in [3.63, 3.8) is 0 Å². The van der Waals surface area contributed by atoms with Gasteiger partial charge in [0.25, 0.3) is 5.91 Å². The largest absolute Gasteiger partial charge is 0.460 e. The van der Waals surface area contributed by atoms with Gasteiger partial charge >= 0.3 is 5.97 Å². The molecule has 1 amide bonds. The van der Waals surface area contributed by atoms with E-state index >= 15 is 0 Å². The van der Waals surface area contributed by atoms with Gasteiger partial charge in [0.05, 0.1) is 16.3 Å². The third-order valence-electron chi connectivity index (χ3n) is 3.81. The average Bonchev–Trinajstić information content (AvgIpc) is 3.15. The maximum Gasteiger partial charge on any atom is 0.325 e. The summed E-state index contributed by atoms with van der Waals surface area (Å²) < 4.78 is 5.19. The number of ether oxygens (including phenoxy) is 1. The Balaban J connectivity index is 1.51. The van der Waals surface area contributed by atoms with Gasteiger partial charge in [-0.25, -0.2) is 4.98 Å². The van der Waals surface area contributed by atoms with Crippen molar-refractivity contribution in [3.05, 3.63) is 81.8 Å². The van der Waals surface area contributed by atoms with Crippen LogP contribution in [0, 0.1) is 6.92 Å². The molecule has 0 aliphatic heterocycles. The molecule has 1 aromatic heterocycles. The number of hydrogen-bond donors (Lipinski definition) is 1. The highest BCUT2D eigenvalue weighted by Gasteiger charge is 2.13. The normalized spacial score (nSPS) is 10.5. The van der Waals surface area contributed by atoms with Crippen LogP contribution in [0.4, 0.5) is 0 Å². The third kappa shape index (κ3) is 5.94. The SMILES string of the molecule is Cc1nc(CSc2ccccc2C(=O)NCC(=O)OCc2ccccc2)cs1. The molecule has 2 aromatic carbocycles. The van der Waals surface area contributed by atoms with E-state index in [1.54, 1.807) is 35.2 Å². The summed E-state index contributed by atoms with van der Waals surface area (Å²) in [5.74, 6) is -0.0807. The lowest BCUT2D eigenvalue weighted by Crippen LogP contribution is -2.30. The summed E-state index contributed by atoms with van der Waals surface area (Å²) in [5, 5.41) is 5.68. The molecule has 1 N–H and O–H groups in total. The highest BCUT2D eigenvalue weighted by atomic mass is 32.2. The smallest absolute Gasteiger partial charge is 0.325 e. The Morgan fingerprint density at radius 3 is 2.61 bits per heavy atom. The monoisotopic (exact) mass is 412 g/mol. The zero-order valence-corrected chi connectivity index (χ0v) is 17.0. The molecule has 0 saturated carbocycles. The van der Waals surface area contributed by atoms with Gasteiger partial charge in [0.1, 0.15) is 13.2 Å². The molecule has 3 rings (SSSR count). The number of amides is 1. The third-order valence-corrected chi connectivity index (χ3v) is 5.74. The van der Waals surface area contributed by atoms with Gasteiger partial charge in [-0.3, -0.25) is 9.59 Å². The molecule has 0 aliphatic rings. The fraction of sp³-hybridized carbons (Fsp3) is 0.190. The zero-order valence-electron chi connectivity index (χ0n) is 15.4. The van der Waals surface area contributed by atoms with Gasteiger partial charge in [0.2, 0.25) is 0 Å². The van der Waals surface area contributed by atoms with E-state index in [-0.39, 0.29) is 19.1 Å². The van der Waals surface area contributed by atoms with E-state index in [1.165, 1.54) is 0 Å². The number of esters is 1. The second-order valence-corrected chi connectivity index (χ2v) is 8.05. The first-order chi connectivity index (χ1) is 13.6. The zero-order chi connectivity index (χ0) is 19.8. The summed E-state index contributed by atoms with van der Waals surface area (Å²) in [6.45, 7) is 1.99. The van der Waals surface area contributed by atoms with Gasteiger partial charge in [0.15, 0.2) is 0 Å². The molecule has 1 heterocycles. The van der Waals surface area contributed by atoms with Crippen LogP contribution in [0.1, 0.15) is 26.6 Å². The fourth-order valence-electron chi connectivity index (χ4n) is 2.44. The van der Waals surface area contributed by atoms with Crippen molar-refractivity contribution in [2.75, 3.05) is 6.54 Å². The summed E-state index contributed by atoms with van der Waals surface area (Å²) in [4.78, 5) is 29.7. The predicted molar refractivity (Wildman–Crippen MR) is 111 cm³/mol. The molecule has 0 unspecified atom stereocenters. The first-order valence-electron chi connectivity index (χ1n) is 8.72. The number of thiazole rings is 1. The predicted octanol–water partition coefficient (Wildman–Crippen LogP) is 4.22. The first kappa shape index (κ1) is 20.1. The molecule has 0 atom stereocenters. The number of rotatable bonds is 8. The highest BCUT2D eigenvalue weighted by molar-refractivity contribution is 7.98. The van der Waals surface area contributed by atoms with E-state index in [2.05, 4.69) is 10.3 Å². The van der Waals surface area contributed by atoms with Crippen molar-refractivity contribution in [1.29, 1.82) is 0 Å². The van der Waals surface area contributed by atoms with E-state index < -0.39 is 5.97 Å². The van der Waals surface area contributed by atoms with Crippen LogP contribution in [0.5, 0.6) is 0 Å². The Labute approximate surface area is 172 Å². The van der Waals surface area contributed by atoms with Gasteiger partial charge in [-0.1, -0.05) is 42.5 Å². The van der Waals surface area contributed by atoms with Crippen LogP contribution < -0.4 is 5.32 Å². The highest BCUT2D eigenvalue weighted by Crippen LogP contribution is 2.26. The Morgan fingerprint density at radius 2 is 1.86 bits per heavy atom. The summed E-state index contributed by atoms with van der Waals surface area (Å²) >= 11 is 3.16. The molecule has 0 fully saturated rings. The minimum atomic E-state index is -0.472. The van der Waals surface area contributed by atoms with Crippen LogP contribution in [0.3, 0.4) is 0 Å². The van der Waals surface area contributed by atoms with Crippen LogP contribution in [-0.2, 0) is 21.9 Å². The van der Waals surface area contributed by atoms with Crippen LogP contribution in [-0.4, -0.2) is 23.4 Å². The van der Waals surface area contributed by atoms with Gasteiger partial charge in [-0.05, 0) is 24.6 Å². The molecular weight excluding hydrogens is 392 g/mol. The van der Waals surface area contributed by atoms with Gasteiger partial charge < -0.3 is 10.1 Å². The molecular formula is C21H20N2O3S2. The number of nitrogens with zero attached hydrogens (tertiary/aromatic N) is 1. The van der Waals surface area contributed by atoms with E-state index in [0.29, 0.717) is 11.3 Å². The topological polar surface area (TPSA) is 68.3 Å². The molecule has 7 heteroatoms. The molecule has 28 heavy (non-hydrogen) atoms. The first-order valence-corrected chi connectivity index (χ1v) is 10.6. The van der Waals surface area contributed by atoms with E-state index in [0.717, 1.165) is 21.2 Å². The van der Waals surface area contributed by atoms with Gasteiger partial charge in [-0.2, -0.15) is 0 Å². The van der Waals surface area contributed by atoms with Crippen LogP contribution in [0.25, 0.3) is 0 Å². The van der Waals surface area contributed by atoms with Crippen molar-refractivity contribution >= 4 is 35.0 Å². The maximum atomic E-state index is 12.5. The van der Waals surface area contributed by atoms with Crippen molar-refractivity contribution in [2.24, 2.45) is 0 Å². The van der Waals surface area contributed by atoms with Crippen molar-refractivity contribution < 1.29 is 14.3 Å². The number of aryl methyl sites for hydroxylation is 1. The summed E-state index contributed by atoms with van der Waals surface area (Å²) in [7, 11) is 0. The number of aromatic nitrogens is 1. The molecule has 3 aromatic rings. The standard InChI is InChI=1S/C21H20N2O3S2/c1-15-23-17(13-27-15)14-28-19-10-6-5-9-18(19)21(25)22-11-20(24)26-12-16-7-3-2-4-8-16/h2-10,13H,11-12,14H2,1H3,(H,22,25). The van der Waals surface area contributed by atoms with Crippen molar-refractivity contribution in [1.82, 2.24) is 10.3 Å². The second-order valence-electron chi connectivity index (χ2n) is 5.97. The van der Waals surface area contributed by atoms with Crippen LogP contribution in [0.15, 0.2) is 64.9 Å². The molecule has 0 aliphatic carbocycles. The second kappa shape index (κ2) is 10.1. The molecule has 0 saturated heterocycles. The lowest BCUT2D eigenvalue weighted by Gasteiger charge is -2.10. The Morgan fingerprint density at radius 1 is 1.11 bits per heavy atom. The molecule has 0 spiro atoms. The van der Waals surface area contributed by atoms with Gasteiger partial charge in [-0.15, -0.1) is 23.1 Å². The van der Waals surface area contributed by atoms with Gasteiger partial charge in [0, 0.05) is 16.0 Å². The number of carbonyl (C=O) groups excluding carboxylic acids is 2. The van der Waals surface area contributed by atoms with E-state index in [4.69, 9.17) is 4.74 Å². The van der Waals surface area contributed by atoms with Crippen molar-refractivity contribution in [2.45, 2.75) is 24.2 Å². The average molecular weight is 413 g/mol. The summed E-state index contributed by atoms with van der Waals surface area (Å²) in [6, 6.07) is 16.8. The quantitative estimate of drug-likeness (QED) is 0.443. The molecule has 144 valence electrons. The van der Waals surface area contributed by atoms with Crippen molar-refractivity contribution in [3.8, 4) is 0 Å². The van der Waals surface area contributed by atoms with Crippen LogP contribution >= 0.6 is 23.1 Å². The van der Waals surface area contributed by atoms with E-state index in [9.17, 15) is 9.59 Å². The molecule has 0 radical (unpaired) electrons. The number of benzene rings is 2. The maximum absolute atomic E-state index is 12.5. The lowest BCUT2D eigenvalue weighted by molar-refractivity contribution is -0.143. The minimum absolute atomic E-state index is 0.171. The Bertz CT molecular complexity index is 942. The van der Waals surface area contributed by atoms with Crippen LogP contribution in [0.2, 0.25) is 0 Å². The minimum Gasteiger partial charge on any atom is -0.460 e. The number of nitrogens with one attached hydrogen (secondary N) is 1. The molecule has 5 nitrogen and oxygen atoms in total. The Kier molecular flexibility index (Phi) is 7.22. The fourth-order valence-corrected chi connectivity index (χ4v) is 4.10.